The van der Waals surface area contributed by atoms with E-state index in [0.29, 0.717) is 11.3 Å². The maximum absolute atomic E-state index is 13.4. The first-order valence-corrected chi connectivity index (χ1v) is 5.91. The molecule has 18 heavy (non-hydrogen) atoms. The van der Waals surface area contributed by atoms with E-state index in [-0.39, 0.29) is 12.4 Å². The summed E-state index contributed by atoms with van der Waals surface area (Å²) in [6, 6.07) is 8.02. The Bertz CT molecular complexity index is 573. The second-order valence-corrected chi connectivity index (χ2v) is 4.50. The van der Waals surface area contributed by atoms with Crippen molar-refractivity contribution in [2.45, 2.75) is 6.61 Å². The monoisotopic (exact) mass is 314 g/mol. The van der Waals surface area contributed by atoms with E-state index in [1.54, 1.807) is 18.2 Å². The molecule has 0 fully saturated rings. The smallest absolute Gasteiger partial charge is 0.168 e. The van der Waals surface area contributed by atoms with Crippen LogP contribution in [0.15, 0.2) is 40.9 Å². The third kappa shape index (κ3) is 2.86. The van der Waals surface area contributed by atoms with E-state index in [4.69, 9.17) is 4.74 Å². The SMILES string of the molecule is OCc1cc(Br)ccc1Oc1ccc(F)cc1F. The average Bonchev–Trinajstić information content (AvgIpc) is 2.34. The highest BCUT2D eigenvalue weighted by Crippen LogP contribution is 2.29. The first kappa shape index (κ1) is 13.0. The topological polar surface area (TPSA) is 29.5 Å². The zero-order chi connectivity index (χ0) is 13.1. The van der Waals surface area contributed by atoms with Crippen LogP contribution in [0.3, 0.4) is 0 Å². The molecule has 94 valence electrons. The van der Waals surface area contributed by atoms with Gasteiger partial charge in [-0.2, -0.15) is 0 Å². The standard InChI is InChI=1S/C13H9BrF2O2/c14-9-1-3-12(8(5-9)7-17)18-13-4-2-10(15)6-11(13)16/h1-6,17H,7H2. The van der Waals surface area contributed by atoms with Gasteiger partial charge in [0.1, 0.15) is 11.6 Å². The molecular weight excluding hydrogens is 306 g/mol. The molecule has 0 bridgehead atoms. The van der Waals surface area contributed by atoms with E-state index in [9.17, 15) is 13.9 Å². The summed E-state index contributed by atoms with van der Waals surface area (Å²) in [6.07, 6.45) is 0. The summed E-state index contributed by atoms with van der Waals surface area (Å²) in [5, 5.41) is 9.18. The lowest BCUT2D eigenvalue weighted by molar-refractivity contribution is 0.276. The third-order valence-corrected chi connectivity index (χ3v) is 2.80. The molecule has 0 aliphatic rings. The molecule has 2 aromatic rings. The van der Waals surface area contributed by atoms with Gasteiger partial charge in [-0.25, -0.2) is 8.78 Å². The Morgan fingerprint density at radius 1 is 1.06 bits per heavy atom. The molecule has 0 aromatic heterocycles. The highest BCUT2D eigenvalue weighted by Gasteiger charge is 2.09. The number of rotatable bonds is 3. The molecule has 2 aromatic carbocycles. The van der Waals surface area contributed by atoms with Crippen molar-refractivity contribution in [3.63, 3.8) is 0 Å². The lowest BCUT2D eigenvalue weighted by atomic mass is 10.2. The zero-order valence-corrected chi connectivity index (χ0v) is 10.7. The van der Waals surface area contributed by atoms with Crippen LogP contribution in [0.1, 0.15) is 5.56 Å². The van der Waals surface area contributed by atoms with Gasteiger partial charge in [0, 0.05) is 16.1 Å². The van der Waals surface area contributed by atoms with E-state index in [1.807, 2.05) is 0 Å². The van der Waals surface area contributed by atoms with Crippen LogP contribution in [-0.4, -0.2) is 5.11 Å². The van der Waals surface area contributed by atoms with Crippen LogP contribution in [0, 0.1) is 11.6 Å². The van der Waals surface area contributed by atoms with Crippen LogP contribution in [-0.2, 0) is 6.61 Å². The van der Waals surface area contributed by atoms with Gasteiger partial charge in [0.05, 0.1) is 6.61 Å². The molecule has 0 spiro atoms. The summed E-state index contributed by atoms with van der Waals surface area (Å²) < 4.78 is 32.3. The molecule has 0 radical (unpaired) electrons. The normalized spacial score (nSPS) is 10.4. The Labute approximate surface area is 111 Å². The highest BCUT2D eigenvalue weighted by molar-refractivity contribution is 9.10. The lowest BCUT2D eigenvalue weighted by Crippen LogP contribution is -1.94. The molecular formula is C13H9BrF2O2. The number of hydrogen-bond donors (Lipinski definition) is 1. The molecule has 2 rings (SSSR count). The van der Waals surface area contributed by atoms with Gasteiger partial charge < -0.3 is 9.84 Å². The summed E-state index contributed by atoms with van der Waals surface area (Å²) in [5.74, 6) is -1.22. The Kier molecular flexibility index (Phi) is 3.93. The molecule has 0 amide bonds. The number of halogens is 3. The van der Waals surface area contributed by atoms with Crippen LogP contribution in [0.5, 0.6) is 11.5 Å². The van der Waals surface area contributed by atoms with E-state index in [1.165, 1.54) is 6.07 Å². The Balaban J connectivity index is 2.33. The summed E-state index contributed by atoms with van der Waals surface area (Å²) in [7, 11) is 0. The van der Waals surface area contributed by atoms with Gasteiger partial charge in [-0.1, -0.05) is 15.9 Å². The number of ether oxygens (including phenoxy) is 1. The summed E-state index contributed by atoms with van der Waals surface area (Å²) in [4.78, 5) is 0. The molecule has 1 N–H and O–H groups in total. The quantitative estimate of drug-likeness (QED) is 0.927. The number of aliphatic hydroxyl groups excluding tert-OH is 1. The maximum atomic E-state index is 13.4. The fourth-order valence-electron chi connectivity index (χ4n) is 1.45. The lowest BCUT2D eigenvalue weighted by Gasteiger charge is -2.10. The predicted octanol–water partition coefficient (Wildman–Crippen LogP) is 4.01. The van der Waals surface area contributed by atoms with Crippen molar-refractivity contribution in [2.75, 3.05) is 0 Å². The minimum Gasteiger partial charge on any atom is -0.454 e. The Morgan fingerprint density at radius 2 is 1.78 bits per heavy atom. The predicted molar refractivity (Wildman–Crippen MR) is 66.5 cm³/mol. The van der Waals surface area contributed by atoms with Crippen molar-refractivity contribution in [3.8, 4) is 11.5 Å². The number of aliphatic hydroxyl groups is 1. The van der Waals surface area contributed by atoms with Gasteiger partial charge in [-0.05, 0) is 30.3 Å². The Morgan fingerprint density at radius 3 is 2.44 bits per heavy atom. The van der Waals surface area contributed by atoms with Crippen molar-refractivity contribution < 1.29 is 18.6 Å². The van der Waals surface area contributed by atoms with Crippen molar-refractivity contribution in [1.82, 2.24) is 0 Å². The maximum Gasteiger partial charge on any atom is 0.168 e. The molecule has 0 heterocycles. The molecule has 2 nitrogen and oxygen atoms in total. The van der Waals surface area contributed by atoms with Crippen molar-refractivity contribution in [1.29, 1.82) is 0 Å². The van der Waals surface area contributed by atoms with Gasteiger partial charge in [0.2, 0.25) is 0 Å². The first-order valence-electron chi connectivity index (χ1n) is 5.12. The van der Waals surface area contributed by atoms with Crippen molar-refractivity contribution in [2.24, 2.45) is 0 Å². The van der Waals surface area contributed by atoms with Crippen LogP contribution in [0.25, 0.3) is 0 Å². The van der Waals surface area contributed by atoms with Gasteiger partial charge >= 0.3 is 0 Å². The molecule has 0 unspecified atom stereocenters. The van der Waals surface area contributed by atoms with Crippen LogP contribution in [0.2, 0.25) is 0 Å². The summed E-state index contributed by atoms with van der Waals surface area (Å²) >= 11 is 3.26. The zero-order valence-electron chi connectivity index (χ0n) is 9.16. The second-order valence-electron chi connectivity index (χ2n) is 3.59. The largest absolute Gasteiger partial charge is 0.454 e. The highest BCUT2D eigenvalue weighted by atomic mass is 79.9. The van der Waals surface area contributed by atoms with Gasteiger partial charge in [-0.15, -0.1) is 0 Å². The third-order valence-electron chi connectivity index (χ3n) is 2.31. The summed E-state index contributed by atoms with van der Waals surface area (Å²) in [6.45, 7) is -0.239. The number of hydrogen-bond acceptors (Lipinski definition) is 2. The van der Waals surface area contributed by atoms with Gasteiger partial charge in [0.15, 0.2) is 11.6 Å². The minimum absolute atomic E-state index is 0.0894. The average molecular weight is 315 g/mol. The van der Waals surface area contributed by atoms with E-state index in [0.717, 1.165) is 16.6 Å². The van der Waals surface area contributed by atoms with Crippen LogP contribution < -0.4 is 4.74 Å². The van der Waals surface area contributed by atoms with Gasteiger partial charge in [-0.3, -0.25) is 0 Å². The van der Waals surface area contributed by atoms with Crippen molar-refractivity contribution in [3.05, 3.63) is 58.1 Å². The minimum atomic E-state index is -0.790. The molecule has 0 saturated carbocycles. The fraction of sp³-hybridized carbons (Fsp3) is 0.0769. The molecule has 0 saturated heterocycles. The molecule has 0 aliphatic heterocycles. The molecule has 5 heteroatoms. The molecule has 0 aliphatic carbocycles. The number of benzene rings is 2. The van der Waals surface area contributed by atoms with E-state index < -0.39 is 11.6 Å². The first-order chi connectivity index (χ1) is 8.60. The van der Waals surface area contributed by atoms with Crippen LogP contribution in [0.4, 0.5) is 8.78 Å². The second kappa shape index (κ2) is 5.46. The van der Waals surface area contributed by atoms with Gasteiger partial charge in [0.25, 0.3) is 0 Å². The summed E-state index contributed by atoms with van der Waals surface area (Å²) in [5.41, 5.74) is 0.508. The fourth-order valence-corrected chi connectivity index (χ4v) is 1.86. The van der Waals surface area contributed by atoms with Crippen molar-refractivity contribution >= 4 is 15.9 Å². The van der Waals surface area contributed by atoms with E-state index in [2.05, 4.69) is 15.9 Å². The van der Waals surface area contributed by atoms with E-state index >= 15 is 0 Å². The molecule has 0 atom stereocenters. The van der Waals surface area contributed by atoms with Crippen LogP contribution >= 0.6 is 15.9 Å². The Hall–Kier alpha value is -1.46.